The van der Waals surface area contributed by atoms with Gasteiger partial charge in [0.05, 0.1) is 0 Å². The van der Waals surface area contributed by atoms with E-state index in [1.165, 1.54) is 4.90 Å². The Balaban J connectivity index is 1.35. The largest absolute Gasteiger partial charge is 0.489 e. The molecule has 0 bridgehead atoms. The SMILES string of the molecule is CSc1ccc(COc2ccc3c(c2)c(-c2ccccc2)cn3Cc2cc3c(cc2Cl)OCO3)cc1. The van der Waals surface area contributed by atoms with Crippen LogP contribution in [-0.2, 0) is 13.2 Å². The molecule has 5 aromatic rings. The third kappa shape index (κ3) is 4.52. The highest BCUT2D eigenvalue weighted by atomic mass is 35.5. The Kier molecular flexibility index (Phi) is 6.26. The van der Waals surface area contributed by atoms with Crippen molar-refractivity contribution in [3.8, 4) is 28.4 Å². The van der Waals surface area contributed by atoms with E-state index in [2.05, 4.69) is 77.7 Å². The van der Waals surface area contributed by atoms with Crippen LogP contribution >= 0.6 is 23.4 Å². The molecule has 4 aromatic carbocycles. The minimum absolute atomic E-state index is 0.226. The van der Waals surface area contributed by atoms with Gasteiger partial charge in [-0.05, 0) is 59.3 Å². The zero-order valence-electron chi connectivity index (χ0n) is 19.7. The topological polar surface area (TPSA) is 32.6 Å². The van der Waals surface area contributed by atoms with E-state index in [1.54, 1.807) is 11.8 Å². The number of fused-ring (bicyclic) bond motifs is 2. The fraction of sp³-hybridized carbons (Fsp3) is 0.133. The highest BCUT2D eigenvalue weighted by molar-refractivity contribution is 7.98. The predicted molar refractivity (Wildman–Crippen MR) is 147 cm³/mol. The molecular formula is C30H24ClNO3S. The minimum atomic E-state index is 0.226. The Labute approximate surface area is 219 Å². The highest BCUT2D eigenvalue weighted by Gasteiger charge is 2.18. The van der Waals surface area contributed by atoms with Crippen LogP contribution in [0.3, 0.4) is 0 Å². The van der Waals surface area contributed by atoms with Gasteiger partial charge in [0, 0.05) is 45.2 Å². The van der Waals surface area contributed by atoms with Crippen LogP contribution in [-0.4, -0.2) is 17.6 Å². The maximum atomic E-state index is 6.61. The molecule has 0 saturated carbocycles. The van der Waals surface area contributed by atoms with Crippen LogP contribution in [0.15, 0.2) is 96.0 Å². The Bertz CT molecular complexity index is 1530. The van der Waals surface area contributed by atoms with E-state index in [4.69, 9.17) is 25.8 Å². The summed E-state index contributed by atoms with van der Waals surface area (Å²) in [7, 11) is 0. The van der Waals surface area contributed by atoms with E-state index < -0.39 is 0 Å². The summed E-state index contributed by atoms with van der Waals surface area (Å²) in [5, 5.41) is 1.79. The number of halogens is 1. The number of ether oxygens (including phenoxy) is 3. The fourth-order valence-corrected chi connectivity index (χ4v) is 5.12. The monoisotopic (exact) mass is 513 g/mol. The molecule has 2 heterocycles. The summed E-state index contributed by atoms with van der Waals surface area (Å²) in [6.45, 7) is 1.36. The Morgan fingerprint density at radius 3 is 2.47 bits per heavy atom. The van der Waals surface area contributed by atoms with Crippen molar-refractivity contribution in [1.29, 1.82) is 0 Å². The van der Waals surface area contributed by atoms with Crippen LogP contribution in [0.5, 0.6) is 17.2 Å². The molecule has 6 rings (SSSR count). The van der Waals surface area contributed by atoms with Crippen LogP contribution in [0.2, 0.25) is 5.02 Å². The van der Waals surface area contributed by atoms with E-state index in [0.717, 1.165) is 44.7 Å². The minimum Gasteiger partial charge on any atom is -0.489 e. The van der Waals surface area contributed by atoms with Gasteiger partial charge in [0.1, 0.15) is 12.4 Å². The number of nitrogens with zero attached hydrogens (tertiary/aromatic N) is 1. The number of hydrogen-bond acceptors (Lipinski definition) is 4. The van der Waals surface area contributed by atoms with Crippen molar-refractivity contribution in [3.05, 3.63) is 107 Å². The molecule has 0 amide bonds. The summed E-state index contributed by atoms with van der Waals surface area (Å²) in [5.41, 5.74) is 5.54. The van der Waals surface area contributed by atoms with Crippen molar-refractivity contribution in [2.45, 2.75) is 18.0 Å². The van der Waals surface area contributed by atoms with Crippen molar-refractivity contribution in [3.63, 3.8) is 0 Å². The first-order valence-corrected chi connectivity index (χ1v) is 13.3. The van der Waals surface area contributed by atoms with Gasteiger partial charge in [-0.2, -0.15) is 0 Å². The molecule has 0 fully saturated rings. The van der Waals surface area contributed by atoms with E-state index in [1.807, 2.05) is 24.3 Å². The van der Waals surface area contributed by atoms with Crippen molar-refractivity contribution in [2.75, 3.05) is 13.0 Å². The molecule has 4 nitrogen and oxygen atoms in total. The Morgan fingerprint density at radius 1 is 0.917 bits per heavy atom. The van der Waals surface area contributed by atoms with Crippen LogP contribution in [0.25, 0.3) is 22.0 Å². The van der Waals surface area contributed by atoms with Crippen LogP contribution in [0.4, 0.5) is 0 Å². The first kappa shape index (κ1) is 22.9. The van der Waals surface area contributed by atoms with Gasteiger partial charge >= 0.3 is 0 Å². The van der Waals surface area contributed by atoms with Crippen LogP contribution in [0.1, 0.15) is 11.1 Å². The second-order valence-corrected chi connectivity index (χ2v) is 9.94. The molecule has 0 unspecified atom stereocenters. The van der Waals surface area contributed by atoms with Gasteiger partial charge in [-0.3, -0.25) is 0 Å². The van der Waals surface area contributed by atoms with Gasteiger partial charge in [-0.15, -0.1) is 11.8 Å². The maximum Gasteiger partial charge on any atom is 0.231 e. The normalized spacial score (nSPS) is 12.3. The molecule has 1 aromatic heterocycles. The molecule has 36 heavy (non-hydrogen) atoms. The average molecular weight is 514 g/mol. The molecule has 180 valence electrons. The van der Waals surface area contributed by atoms with Gasteiger partial charge in [-0.25, -0.2) is 0 Å². The summed E-state index contributed by atoms with van der Waals surface area (Å²) in [6, 6.07) is 29.0. The van der Waals surface area contributed by atoms with Gasteiger partial charge in [-0.1, -0.05) is 54.1 Å². The molecule has 0 aliphatic carbocycles. The predicted octanol–water partition coefficient (Wildman–Crippen LogP) is 8.04. The summed E-state index contributed by atoms with van der Waals surface area (Å²) in [4.78, 5) is 1.25. The molecule has 0 radical (unpaired) electrons. The summed E-state index contributed by atoms with van der Waals surface area (Å²) < 4.78 is 19.5. The highest BCUT2D eigenvalue weighted by Crippen LogP contribution is 2.39. The molecular weight excluding hydrogens is 490 g/mol. The first-order valence-electron chi connectivity index (χ1n) is 11.7. The molecule has 6 heteroatoms. The van der Waals surface area contributed by atoms with Gasteiger partial charge < -0.3 is 18.8 Å². The quantitative estimate of drug-likeness (QED) is 0.206. The lowest BCUT2D eigenvalue weighted by Crippen LogP contribution is -1.99. The Morgan fingerprint density at radius 2 is 1.69 bits per heavy atom. The van der Waals surface area contributed by atoms with Crippen molar-refractivity contribution >= 4 is 34.3 Å². The standard InChI is InChI=1S/C30H24ClNO3S/c1-36-24-10-7-20(8-11-24)18-33-23-9-12-28-25(14-23)26(21-5-3-2-4-6-21)17-32(28)16-22-13-29-30(15-27(22)31)35-19-34-29/h2-15,17H,16,18-19H2,1H3. The summed E-state index contributed by atoms with van der Waals surface area (Å²) in [5.74, 6) is 2.26. The fourth-order valence-electron chi connectivity index (χ4n) is 4.50. The lowest BCUT2D eigenvalue weighted by atomic mass is 10.0. The second-order valence-electron chi connectivity index (χ2n) is 8.65. The number of thioether (sulfide) groups is 1. The third-order valence-electron chi connectivity index (χ3n) is 6.38. The molecule has 0 spiro atoms. The van der Waals surface area contributed by atoms with Gasteiger partial charge in [0.25, 0.3) is 0 Å². The third-order valence-corrected chi connectivity index (χ3v) is 7.48. The van der Waals surface area contributed by atoms with Crippen molar-refractivity contribution in [2.24, 2.45) is 0 Å². The molecule has 0 N–H and O–H groups in total. The zero-order chi connectivity index (χ0) is 24.5. The van der Waals surface area contributed by atoms with E-state index in [0.29, 0.717) is 23.9 Å². The zero-order valence-corrected chi connectivity index (χ0v) is 21.3. The lowest BCUT2D eigenvalue weighted by Gasteiger charge is -2.10. The molecule has 0 saturated heterocycles. The summed E-state index contributed by atoms with van der Waals surface area (Å²) >= 11 is 8.34. The van der Waals surface area contributed by atoms with Gasteiger partial charge in [0.2, 0.25) is 6.79 Å². The van der Waals surface area contributed by atoms with Crippen molar-refractivity contribution < 1.29 is 14.2 Å². The van der Waals surface area contributed by atoms with Crippen LogP contribution < -0.4 is 14.2 Å². The first-order chi connectivity index (χ1) is 17.7. The van der Waals surface area contributed by atoms with E-state index >= 15 is 0 Å². The maximum absolute atomic E-state index is 6.61. The molecule has 0 atom stereocenters. The number of aromatic nitrogens is 1. The van der Waals surface area contributed by atoms with Crippen molar-refractivity contribution in [1.82, 2.24) is 4.57 Å². The smallest absolute Gasteiger partial charge is 0.231 e. The van der Waals surface area contributed by atoms with Gasteiger partial charge in [0.15, 0.2) is 11.5 Å². The van der Waals surface area contributed by atoms with E-state index in [9.17, 15) is 0 Å². The molecule has 1 aliphatic heterocycles. The Hall–Kier alpha value is -3.54. The van der Waals surface area contributed by atoms with Crippen LogP contribution in [0, 0.1) is 0 Å². The lowest BCUT2D eigenvalue weighted by molar-refractivity contribution is 0.174. The van der Waals surface area contributed by atoms with E-state index in [-0.39, 0.29) is 6.79 Å². The average Bonchev–Trinajstić information content (AvgIpc) is 3.52. The number of rotatable bonds is 7. The number of hydrogen-bond donors (Lipinski definition) is 0. The summed E-state index contributed by atoms with van der Waals surface area (Å²) in [6.07, 6.45) is 4.27. The second kappa shape index (κ2) is 9.84. The molecule has 1 aliphatic rings. The number of benzene rings is 4.